The predicted molar refractivity (Wildman–Crippen MR) is 95.3 cm³/mol. The van der Waals surface area contributed by atoms with Crippen LogP contribution in [0, 0.1) is 0 Å². The van der Waals surface area contributed by atoms with Crippen LogP contribution >= 0.6 is 0 Å². The SMILES string of the molecule is COC1=Cc2c(OC)ccc3ccc(-c4ccccc4)c(c23)C1=O. The van der Waals surface area contributed by atoms with Gasteiger partial charge in [-0.2, -0.15) is 0 Å². The number of carbonyl (C=O) groups excluding carboxylic acids is 1. The molecule has 118 valence electrons. The molecular formula is C21H16O3. The molecule has 3 nitrogen and oxygen atoms in total. The number of hydrogen-bond acceptors (Lipinski definition) is 3. The highest BCUT2D eigenvalue weighted by atomic mass is 16.5. The van der Waals surface area contributed by atoms with Gasteiger partial charge in [0.15, 0.2) is 5.76 Å². The summed E-state index contributed by atoms with van der Waals surface area (Å²) in [5.74, 6) is 0.968. The Hall–Kier alpha value is -3.07. The van der Waals surface area contributed by atoms with E-state index in [0.29, 0.717) is 11.3 Å². The molecule has 0 amide bonds. The maximum absolute atomic E-state index is 13.0. The molecule has 24 heavy (non-hydrogen) atoms. The Labute approximate surface area is 140 Å². The number of allylic oxidation sites excluding steroid dienone is 1. The van der Waals surface area contributed by atoms with Crippen molar-refractivity contribution in [1.29, 1.82) is 0 Å². The Morgan fingerprint density at radius 2 is 1.58 bits per heavy atom. The lowest BCUT2D eigenvalue weighted by Crippen LogP contribution is -2.12. The summed E-state index contributed by atoms with van der Waals surface area (Å²) in [5.41, 5.74) is 3.48. The van der Waals surface area contributed by atoms with E-state index in [2.05, 4.69) is 0 Å². The van der Waals surface area contributed by atoms with E-state index in [4.69, 9.17) is 9.47 Å². The number of Topliss-reactive ketones (excluding diaryl/α,β-unsaturated/α-hetero) is 1. The highest BCUT2D eigenvalue weighted by molar-refractivity contribution is 6.25. The van der Waals surface area contributed by atoms with Crippen molar-refractivity contribution in [3.63, 3.8) is 0 Å². The molecular weight excluding hydrogens is 300 g/mol. The summed E-state index contributed by atoms with van der Waals surface area (Å²) in [4.78, 5) is 13.0. The summed E-state index contributed by atoms with van der Waals surface area (Å²) in [6.07, 6.45) is 1.77. The smallest absolute Gasteiger partial charge is 0.228 e. The van der Waals surface area contributed by atoms with Crippen LogP contribution in [0.2, 0.25) is 0 Å². The van der Waals surface area contributed by atoms with Gasteiger partial charge in [0.2, 0.25) is 5.78 Å². The van der Waals surface area contributed by atoms with Crippen molar-refractivity contribution in [2.24, 2.45) is 0 Å². The molecule has 0 saturated heterocycles. The van der Waals surface area contributed by atoms with Crippen molar-refractivity contribution in [3.8, 4) is 16.9 Å². The Balaban J connectivity index is 2.14. The van der Waals surface area contributed by atoms with Crippen LogP contribution < -0.4 is 4.74 Å². The highest BCUT2D eigenvalue weighted by Crippen LogP contribution is 2.41. The molecule has 0 radical (unpaired) electrons. The molecule has 3 aromatic rings. The van der Waals surface area contributed by atoms with E-state index in [1.54, 1.807) is 13.2 Å². The van der Waals surface area contributed by atoms with E-state index < -0.39 is 0 Å². The minimum Gasteiger partial charge on any atom is -0.496 e. The molecule has 0 fully saturated rings. The van der Waals surface area contributed by atoms with Gasteiger partial charge >= 0.3 is 0 Å². The summed E-state index contributed by atoms with van der Waals surface area (Å²) in [6.45, 7) is 0. The molecule has 0 unspecified atom stereocenters. The highest BCUT2D eigenvalue weighted by Gasteiger charge is 2.27. The molecule has 0 N–H and O–H groups in total. The molecule has 0 spiro atoms. The first-order chi connectivity index (χ1) is 11.7. The normalized spacial score (nSPS) is 12.9. The van der Waals surface area contributed by atoms with Crippen molar-refractivity contribution in [2.75, 3.05) is 14.2 Å². The van der Waals surface area contributed by atoms with Gasteiger partial charge in [-0.05, 0) is 28.7 Å². The summed E-state index contributed by atoms with van der Waals surface area (Å²) in [5, 5.41) is 1.93. The molecule has 1 aliphatic carbocycles. The molecule has 0 aromatic heterocycles. The van der Waals surface area contributed by atoms with Gasteiger partial charge in [-0.15, -0.1) is 0 Å². The van der Waals surface area contributed by atoms with Gasteiger partial charge in [0.05, 0.1) is 14.2 Å². The molecule has 0 atom stereocenters. The quantitative estimate of drug-likeness (QED) is 0.702. The molecule has 1 aliphatic rings. The summed E-state index contributed by atoms with van der Waals surface area (Å²) >= 11 is 0. The lowest BCUT2D eigenvalue weighted by molar-refractivity contribution is 0.0958. The minimum absolute atomic E-state index is 0.0947. The van der Waals surface area contributed by atoms with Crippen molar-refractivity contribution in [2.45, 2.75) is 0 Å². The molecule has 0 bridgehead atoms. The first-order valence-corrected chi connectivity index (χ1v) is 7.74. The lowest BCUT2D eigenvalue weighted by Gasteiger charge is -2.21. The first-order valence-electron chi connectivity index (χ1n) is 7.74. The number of ketones is 1. The van der Waals surface area contributed by atoms with Gasteiger partial charge in [-0.25, -0.2) is 0 Å². The number of ether oxygens (including phenoxy) is 2. The second kappa shape index (κ2) is 5.53. The van der Waals surface area contributed by atoms with Crippen LogP contribution in [-0.2, 0) is 4.74 Å². The van der Waals surface area contributed by atoms with Crippen LogP contribution in [-0.4, -0.2) is 20.0 Å². The molecule has 0 heterocycles. The van der Waals surface area contributed by atoms with E-state index in [-0.39, 0.29) is 5.78 Å². The van der Waals surface area contributed by atoms with Crippen LogP contribution in [0.3, 0.4) is 0 Å². The van der Waals surface area contributed by atoms with Crippen molar-refractivity contribution in [1.82, 2.24) is 0 Å². The van der Waals surface area contributed by atoms with Crippen LogP contribution in [0.5, 0.6) is 5.75 Å². The number of carbonyl (C=O) groups is 1. The molecule has 3 aromatic carbocycles. The maximum atomic E-state index is 13.0. The predicted octanol–water partition coefficient (Wildman–Crippen LogP) is 4.70. The topological polar surface area (TPSA) is 35.5 Å². The Morgan fingerprint density at radius 1 is 0.833 bits per heavy atom. The number of rotatable bonds is 3. The molecule has 4 rings (SSSR count). The van der Waals surface area contributed by atoms with Crippen molar-refractivity contribution >= 4 is 22.6 Å². The van der Waals surface area contributed by atoms with E-state index in [0.717, 1.165) is 33.2 Å². The molecule has 3 heteroatoms. The van der Waals surface area contributed by atoms with Gasteiger partial charge in [-0.3, -0.25) is 4.79 Å². The fourth-order valence-electron chi connectivity index (χ4n) is 3.31. The molecule has 0 aliphatic heterocycles. The van der Waals surface area contributed by atoms with E-state index >= 15 is 0 Å². The lowest BCUT2D eigenvalue weighted by atomic mass is 9.85. The van der Waals surface area contributed by atoms with Gasteiger partial charge in [0.25, 0.3) is 0 Å². The number of hydrogen-bond donors (Lipinski definition) is 0. The zero-order chi connectivity index (χ0) is 16.7. The maximum Gasteiger partial charge on any atom is 0.228 e. The van der Waals surface area contributed by atoms with Gasteiger partial charge in [-0.1, -0.05) is 48.5 Å². The average molecular weight is 316 g/mol. The van der Waals surface area contributed by atoms with Crippen molar-refractivity contribution < 1.29 is 14.3 Å². The van der Waals surface area contributed by atoms with Gasteiger partial charge in [0, 0.05) is 16.5 Å². The Bertz CT molecular complexity index is 985. The monoisotopic (exact) mass is 316 g/mol. The number of benzene rings is 3. The van der Waals surface area contributed by atoms with Crippen LogP contribution in [0.25, 0.3) is 28.0 Å². The van der Waals surface area contributed by atoms with E-state index in [9.17, 15) is 4.79 Å². The van der Waals surface area contributed by atoms with Gasteiger partial charge in [0.1, 0.15) is 5.75 Å². The zero-order valence-corrected chi connectivity index (χ0v) is 13.5. The van der Waals surface area contributed by atoms with E-state index in [1.165, 1.54) is 7.11 Å². The van der Waals surface area contributed by atoms with Gasteiger partial charge < -0.3 is 9.47 Å². The fourth-order valence-corrected chi connectivity index (χ4v) is 3.31. The zero-order valence-electron chi connectivity index (χ0n) is 13.5. The summed E-state index contributed by atoms with van der Waals surface area (Å²) < 4.78 is 10.8. The largest absolute Gasteiger partial charge is 0.496 e. The third-order valence-corrected chi connectivity index (χ3v) is 4.44. The van der Waals surface area contributed by atoms with Crippen LogP contribution in [0.15, 0.2) is 60.4 Å². The summed E-state index contributed by atoms with van der Waals surface area (Å²) in [6, 6.07) is 17.9. The first kappa shape index (κ1) is 14.5. The van der Waals surface area contributed by atoms with Crippen LogP contribution in [0.4, 0.5) is 0 Å². The van der Waals surface area contributed by atoms with Crippen LogP contribution in [0.1, 0.15) is 15.9 Å². The average Bonchev–Trinajstić information content (AvgIpc) is 2.64. The fraction of sp³-hybridized carbons (Fsp3) is 0.0952. The Kier molecular flexibility index (Phi) is 3.35. The van der Waals surface area contributed by atoms with Crippen molar-refractivity contribution in [3.05, 3.63) is 71.5 Å². The number of methoxy groups -OCH3 is 2. The Morgan fingerprint density at radius 3 is 2.29 bits per heavy atom. The third-order valence-electron chi connectivity index (χ3n) is 4.44. The summed E-state index contributed by atoms with van der Waals surface area (Å²) in [7, 11) is 3.15. The molecule has 0 saturated carbocycles. The van der Waals surface area contributed by atoms with E-state index in [1.807, 2.05) is 54.6 Å². The second-order valence-electron chi connectivity index (χ2n) is 5.68. The standard InChI is InChI=1S/C21H16O3/c1-23-17-11-9-14-8-10-15(13-6-4-3-5-7-13)20-19(14)16(17)12-18(24-2)21(20)22/h3-12H,1-2H3. The third kappa shape index (κ3) is 2.02. The minimum atomic E-state index is -0.0947. The second-order valence-corrected chi connectivity index (χ2v) is 5.68.